The van der Waals surface area contributed by atoms with Crippen LogP contribution in [-0.4, -0.2) is 23.5 Å². The van der Waals surface area contributed by atoms with Crippen molar-refractivity contribution in [1.29, 1.82) is 0 Å². The summed E-state index contributed by atoms with van der Waals surface area (Å²) in [5.74, 6) is -0.730. The number of nitrogens with one attached hydrogen (secondary N) is 1. The number of amides is 1. The Morgan fingerprint density at radius 3 is 1.77 bits per heavy atom. The Morgan fingerprint density at radius 2 is 1.23 bits per heavy atom. The second-order valence-electron chi connectivity index (χ2n) is 6.13. The summed E-state index contributed by atoms with van der Waals surface area (Å²) in [6.45, 7) is 3.00. The molecular formula is C18H35NO3. The van der Waals surface area contributed by atoms with E-state index in [1.54, 1.807) is 0 Å². The zero-order chi connectivity index (χ0) is 16.5. The lowest BCUT2D eigenvalue weighted by Gasteiger charge is -2.05. The van der Waals surface area contributed by atoms with Gasteiger partial charge in [0.1, 0.15) is 0 Å². The van der Waals surface area contributed by atoms with Gasteiger partial charge in [-0.3, -0.25) is 9.59 Å². The number of carboxylic acids is 1. The van der Waals surface area contributed by atoms with Crippen LogP contribution in [-0.2, 0) is 9.59 Å². The molecular weight excluding hydrogens is 278 g/mol. The van der Waals surface area contributed by atoms with Crippen molar-refractivity contribution in [2.24, 2.45) is 0 Å². The highest BCUT2D eigenvalue weighted by molar-refractivity contribution is 5.75. The molecule has 0 aliphatic heterocycles. The summed E-state index contributed by atoms with van der Waals surface area (Å²) in [6.07, 6.45) is 14.8. The molecule has 0 aromatic carbocycles. The molecule has 0 saturated carbocycles. The lowest BCUT2D eigenvalue weighted by atomic mass is 10.1. The van der Waals surface area contributed by atoms with E-state index in [0.29, 0.717) is 19.3 Å². The topological polar surface area (TPSA) is 66.4 Å². The predicted molar refractivity (Wildman–Crippen MR) is 91.0 cm³/mol. The van der Waals surface area contributed by atoms with Gasteiger partial charge in [0.05, 0.1) is 0 Å². The Morgan fingerprint density at radius 1 is 0.727 bits per heavy atom. The quantitative estimate of drug-likeness (QED) is 0.407. The zero-order valence-corrected chi connectivity index (χ0v) is 14.4. The molecule has 0 unspecified atom stereocenters. The van der Waals surface area contributed by atoms with Gasteiger partial charge in [-0.15, -0.1) is 0 Å². The highest BCUT2D eigenvalue weighted by atomic mass is 16.4. The zero-order valence-electron chi connectivity index (χ0n) is 14.4. The Hall–Kier alpha value is -1.06. The fourth-order valence-electron chi connectivity index (χ4n) is 2.49. The Balaban J connectivity index is 3.15. The van der Waals surface area contributed by atoms with E-state index >= 15 is 0 Å². The maximum Gasteiger partial charge on any atom is 0.303 e. The molecule has 0 bridgehead atoms. The molecule has 4 nitrogen and oxygen atoms in total. The van der Waals surface area contributed by atoms with Gasteiger partial charge in [0.25, 0.3) is 0 Å². The van der Waals surface area contributed by atoms with Crippen LogP contribution in [0.4, 0.5) is 0 Å². The van der Waals surface area contributed by atoms with Crippen LogP contribution in [0.1, 0.15) is 96.8 Å². The first-order valence-electron chi connectivity index (χ1n) is 9.15. The van der Waals surface area contributed by atoms with E-state index in [9.17, 15) is 9.59 Å². The molecule has 0 aliphatic carbocycles. The second kappa shape index (κ2) is 16.3. The number of hydrogen-bond acceptors (Lipinski definition) is 2. The minimum atomic E-state index is -0.786. The van der Waals surface area contributed by atoms with E-state index < -0.39 is 5.97 Å². The van der Waals surface area contributed by atoms with Crippen LogP contribution in [0.25, 0.3) is 0 Å². The normalized spacial score (nSPS) is 10.6. The summed E-state index contributed by atoms with van der Waals surface area (Å²) >= 11 is 0. The molecule has 130 valence electrons. The molecule has 1 amide bonds. The molecule has 0 rings (SSSR count). The minimum absolute atomic E-state index is 0.0568. The number of rotatable bonds is 16. The van der Waals surface area contributed by atoms with Gasteiger partial charge in [0, 0.05) is 19.4 Å². The largest absolute Gasteiger partial charge is 0.481 e. The van der Waals surface area contributed by atoms with Gasteiger partial charge < -0.3 is 10.4 Å². The monoisotopic (exact) mass is 313 g/mol. The Labute approximate surface area is 136 Å². The van der Waals surface area contributed by atoms with Crippen molar-refractivity contribution in [3.05, 3.63) is 0 Å². The van der Waals surface area contributed by atoms with Crippen LogP contribution in [0.15, 0.2) is 0 Å². The van der Waals surface area contributed by atoms with Crippen molar-refractivity contribution in [2.45, 2.75) is 96.8 Å². The predicted octanol–water partition coefficient (Wildman–Crippen LogP) is 4.67. The highest BCUT2D eigenvalue weighted by Crippen LogP contribution is 2.10. The second-order valence-corrected chi connectivity index (χ2v) is 6.13. The fourth-order valence-corrected chi connectivity index (χ4v) is 2.49. The molecule has 0 spiro atoms. The number of hydrogen-bond donors (Lipinski definition) is 2. The first-order valence-corrected chi connectivity index (χ1v) is 9.15. The molecule has 0 aliphatic rings. The van der Waals surface area contributed by atoms with Crippen molar-refractivity contribution in [3.8, 4) is 0 Å². The third kappa shape index (κ3) is 17.0. The lowest BCUT2D eigenvalue weighted by Crippen LogP contribution is -2.24. The van der Waals surface area contributed by atoms with Crippen molar-refractivity contribution in [1.82, 2.24) is 5.32 Å². The van der Waals surface area contributed by atoms with E-state index in [4.69, 9.17) is 5.11 Å². The van der Waals surface area contributed by atoms with E-state index in [1.807, 2.05) is 0 Å². The smallest absolute Gasteiger partial charge is 0.303 e. The van der Waals surface area contributed by atoms with E-state index in [1.165, 1.54) is 57.8 Å². The van der Waals surface area contributed by atoms with Crippen molar-refractivity contribution in [3.63, 3.8) is 0 Å². The molecule has 0 fully saturated rings. The molecule has 0 saturated heterocycles. The molecule has 0 aromatic rings. The van der Waals surface area contributed by atoms with Crippen molar-refractivity contribution in [2.75, 3.05) is 6.54 Å². The number of carbonyl (C=O) groups is 2. The van der Waals surface area contributed by atoms with Gasteiger partial charge in [-0.25, -0.2) is 0 Å². The van der Waals surface area contributed by atoms with Crippen LogP contribution in [0, 0.1) is 0 Å². The number of carbonyl (C=O) groups excluding carboxylic acids is 1. The van der Waals surface area contributed by atoms with Crippen LogP contribution in [0.2, 0.25) is 0 Å². The number of carboxylic acid groups (broad SMARTS) is 1. The standard InChI is InChI=1S/C18H35NO3/c1-2-3-4-5-6-7-8-9-10-13-16-19-17(20)14-11-12-15-18(21)22/h2-16H2,1H3,(H,19,20)(H,21,22). The molecule has 0 atom stereocenters. The third-order valence-corrected chi connectivity index (χ3v) is 3.90. The van der Waals surface area contributed by atoms with Crippen LogP contribution in [0.3, 0.4) is 0 Å². The molecule has 0 heterocycles. The van der Waals surface area contributed by atoms with Crippen molar-refractivity contribution >= 4 is 11.9 Å². The molecule has 2 N–H and O–H groups in total. The minimum Gasteiger partial charge on any atom is -0.481 e. The molecule has 22 heavy (non-hydrogen) atoms. The fraction of sp³-hybridized carbons (Fsp3) is 0.889. The van der Waals surface area contributed by atoms with Gasteiger partial charge in [-0.1, -0.05) is 64.7 Å². The van der Waals surface area contributed by atoms with Gasteiger partial charge >= 0.3 is 5.97 Å². The SMILES string of the molecule is CCCCCCCCCCCCNC(=O)CCCCC(=O)O. The summed E-state index contributed by atoms with van der Waals surface area (Å²) in [4.78, 5) is 21.8. The lowest BCUT2D eigenvalue weighted by molar-refractivity contribution is -0.137. The first kappa shape index (κ1) is 20.9. The summed E-state index contributed by atoms with van der Waals surface area (Å²) in [6, 6.07) is 0. The Bertz CT molecular complexity index is 280. The number of unbranched alkanes of at least 4 members (excludes halogenated alkanes) is 10. The molecule has 0 aromatic heterocycles. The summed E-state index contributed by atoms with van der Waals surface area (Å²) < 4.78 is 0. The van der Waals surface area contributed by atoms with Gasteiger partial charge in [0.15, 0.2) is 0 Å². The average Bonchev–Trinajstić information content (AvgIpc) is 2.49. The maximum absolute atomic E-state index is 11.5. The van der Waals surface area contributed by atoms with Gasteiger partial charge in [-0.2, -0.15) is 0 Å². The molecule has 4 heteroatoms. The number of aliphatic carboxylic acids is 1. The Kier molecular flexibility index (Phi) is 15.5. The van der Waals surface area contributed by atoms with Gasteiger partial charge in [0.2, 0.25) is 5.91 Å². The van der Waals surface area contributed by atoms with E-state index in [0.717, 1.165) is 13.0 Å². The first-order chi connectivity index (χ1) is 10.7. The van der Waals surface area contributed by atoms with Crippen LogP contribution < -0.4 is 5.32 Å². The van der Waals surface area contributed by atoms with Crippen LogP contribution >= 0.6 is 0 Å². The van der Waals surface area contributed by atoms with Gasteiger partial charge in [-0.05, 0) is 19.3 Å². The summed E-state index contributed by atoms with van der Waals surface area (Å²) in [7, 11) is 0. The third-order valence-electron chi connectivity index (χ3n) is 3.90. The molecule has 0 radical (unpaired) electrons. The van der Waals surface area contributed by atoms with Crippen molar-refractivity contribution < 1.29 is 14.7 Å². The van der Waals surface area contributed by atoms with Crippen LogP contribution in [0.5, 0.6) is 0 Å². The highest BCUT2D eigenvalue weighted by Gasteiger charge is 2.02. The summed E-state index contributed by atoms with van der Waals surface area (Å²) in [5, 5.41) is 11.4. The maximum atomic E-state index is 11.5. The van der Waals surface area contributed by atoms with E-state index in [2.05, 4.69) is 12.2 Å². The average molecular weight is 313 g/mol. The summed E-state index contributed by atoms with van der Waals surface area (Å²) in [5.41, 5.74) is 0. The van der Waals surface area contributed by atoms with E-state index in [-0.39, 0.29) is 12.3 Å².